The van der Waals surface area contributed by atoms with Gasteiger partial charge in [0, 0.05) is 12.3 Å². The van der Waals surface area contributed by atoms with Crippen molar-refractivity contribution in [1.29, 1.82) is 0 Å². The smallest absolute Gasteiger partial charge is 0.336 e. The molecule has 2 aromatic rings. The second-order valence-corrected chi connectivity index (χ2v) is 3.53. The molecule has 0 radical (unpaired) electrons. The van der Waals surface area contributed by atoms with E-state index in [0.717, 1.165) is 6.07 Å². The molecule has 14 heavy (non-hydrogen) atoms. The highest BCUT2D eigenvalue weighted by atomic mass is 79.9. The molecule has 0 spiro atoms. The van der Waals surface area contributed by atoms with Crippen LogP contribution in [-0.2, 0) is 0 Å². The number of nitrogens with zero attached hydrogens (tertiary/aromatic N) is 1. The standard InChI is InChI=1S/C8H5BrN2O3/c9-5-3-10-6-1-4(8(13)14)2-7(12)11(5)6/h1-3,10H,(H,13,14). The first-order valence-electron chi connectivity index (χ1n) is 3.72. The number of carboxylic acids is 1. The number of imidazole rings is 1. The molecule has 2 N–H and O–H groups in total. The Kier molecular flexibility index (Phi) is 1.92. The summed E-state index contributed by atoms with van der Waals surface area (Å²) in [7, 11) is 0. The molecule has 2 aromatic heterocycles. The van der Waals surface area contributed by atoms with Gasteiger partial charge in [-0.2, -0.15) is 0 Å². The van der Waals surface area contributed by atoms with Crippen LogP contribution in [0, 0.1) is 0 Å². The number of halogens is 1. The second kappa shape index (κ2) is 2.98. The average Bonchev–Trinajstić information content (AvgIpc) is 2.48. The van der Waals surface area contributed by atoms with Gasteiger partial charge >= 0.3 is 5.97 Å². The highest BCUT2D eigenvalue weighted by Gasteiger charge is 2.08. The maximum Gasteiger partial charge on any atom is 0.336 e. The van der Waals surface area contributed by atoms with E-state index in [1.54, 1.807) is 6.20 Å². The fraction of sp³-hybridized carbons (Fsp3) is 0. The lowest BCUT2D eigenvalue weighted by Gasteiger charge is -1.96. The molecule has 0 atom stereocenters. The molecule has 0 bridgehead atoms. The minimum absolute atomic E-state index is 0.0237. The summed E-state index contributed by atoms with van der Waals surface area (Å²) in [5, 5.41) is 8.70. The molecule has 6 heteroatoms. The van der Waals surface area contributed by atoms with E-state index < -0.39 is 5.97 Å². The third kappa shape index (κ3) is 1.24. The largest absolute Gasteiger partial charge is 0.478 e. The summed E-state index contributed by atoms with van der Waals surface area (Å²) in [4.78, 5) is 24.8. The first-order chi connectivity index (χ1) is 6.59. The number of aromatic amines is 1. The maximum absolute atomic E-state index is 11.4. The molecule has 0 aliphatic rings. The van der Waals surface area contributed by atoms with Gasteiger partial charge in [0.1, 0.15) is 10.3 Å². The summed E-state index contributed by atoms with van der Waals surface area (Å²) in [6.45, 7) is 0. The maximum atomic E-state index is 11.4. The molecule has 2 rings (SSSR count). The Hall–Kier alpha value is -1.56. The van der Waals surface area contributed by atoms with Crippen molar-refractivity contribution in [2.24, 2.45) is 0 Å². The van der Waals surface area contributed by atoms with Crippen LogP contribution in [0.15, 0.2) is 27.7 Å². The Bertz CT molecular complexity index is 569. The van der Waals surface area contributed by atoms with Crippen LogP contribution >= 0.6 is 15.9 Å². The van der Waals surface area contributed by atoms with E-state index >= 15 is 0 Å². The first kappa shape index (κ1) is 9.01. The van der Waals surface area contributed by atoms with Gasteiger partial charge in [0.15, 0.2) is 0 Å². The number of aromatic nitrogens is 2. The summed E-state index contributed by atoms with van der Waals surface area (Å²) >= 11 is 3.16. The van der Waals surface area contributed by atoms with Crippen LogP contribution in [0.1, 0.15) is 10.4 Å². The van der Waals surface area contributed by atoms with Crippen molar-refractivity contribution in [1.82, 2.24) is 9.38 Å². The number of fused-ring (bicyclic) bond motifs is 1. The molecule has 0 fully saturated rings. The van der Waals surface area contributed by atoms with Gasteiger partial charge in [0.05, 0.1) is 5.56 Å². The van der Waals surface area contributed by atoms with Crippen LogP contribution in [0.5, 0.6) is 0 Å². The van der Waals surface area contributed by atoms with E-state index in [0.29, 0.717) is 10.3 Å². The van der Waals surface area contributed by atoms with Crippen LogP contribution < -0.4 is 5.56 Å². The van der Waals surface area contributed by atoms with Crippen molar-refractivity contribution >= 4 is 27.5 Å². The number of rotatable bonds is 1. The van der Waals surface area contributed by atoms with Gasteiger partial charge in [-0.15, -0.1) is 0 Å². The molecule has 2 heterocycles. The molecule has 0 aliphatic heterocycles. The Morgan fingerprint density at radius 1 is 1.50 bits per heavy atom. The second-order valence-electron chi connectivity index (χ2n) is 2.72. The normalized spacial score (nSPS) is 10.6. The van der Waals surface area contributed by atoms with Crippen LogP contribution in [0.2, 0.25) is 0 Å². The topological polar surface area (TPSA) is 74.6 Å². The number of hydrogen-bond acceptors (Lipinski definition) is 2. The number of H-pyrrole nitrogens is 1. The minimum Gasteiger partial charge on any atom is -0.478 e. The molecule has 0 amide bonds. The van der Waals surface area contributed by atoms with Crippen molar-refractivity contribution in [3.63, 3.8) is 0 Å². The fourth-order valence-corrected chi connectivity index (χ4v) is 1.70. The summed E-state index contributed by atoms with van der Waals surface area (Å²) in [5.41, 5.74) is 0.0409. The number of aromatic carboxylic acids is 1. The highest BCUT2D eigenvalue weighted by molar-refractivity contribution is 9.10. The lowest BCUT2D eigenvalue weighted by Crippen LogP contribution is -2.14. The Labute approximate surface area is 86.1 Å². The van der Waals surface area contributed by atoms with E-state index in [1.165, 1.54) is 10.5 Å². The third-order valence-electron chi connectivity index (χ3n) is 1.83. The van der Waals surface area contributed by atoms with Crippen LogP contribution in [0.3, 0.4) is 0 Å². The summed E-state index contributed by atoms with van der Waals surface area (Å²) in [6.07, 6.45) is 1.57. The van der Waals surface area contributed by atoms with Gasteiger partial charge in [-0.25, -0.2) is 4.79 Å². The summed E-state index contributed by atoms with van der Waals surface area (Å²) in [6, 6.07) is 2.47. The van der Waals surface area contributed by atoms with Crippen molar-refractivity contribution in [2.75, 3.05) is 0 Å². The number of nitrogens with one attached hydrogen (secondary N) is 1. The van der Waals surface area contributed by atoms with Gasteiger partial charge in [-0.3, -0.25) is 9.20 Å². The van der Waals surface area contributed by atoms with E-state index in [-0.39, 0.29) is 11.1 Å². The molecule has 0 aromatic carbocycles. The van der Waals surface area contributed by atoms with Crippen molar-refractivity contribution < 1.29 is 9.90 Å². The summed E-state index contributed by atoms with van der Waals surface area (Å²) < 4.78 is 1.90. The van der Waals surface area contributed by atoms with Gasteiger partial charge in [0.2, 0.25) is 0 Å². The van der Waals surface area contributed by atoms with E-state index in [1.807, 2.05) is 0 Å². The number of carboxylic acid groups (broad SMARTS) is 1. The molecular formula is C8H5BrN2O3. The number of pyridine rings is 1. The minimum atomic E-state index is -1.12. The third-order valence-corrected chi connectivity index (χ3v) is 2.42. The van der Waals surface area contributed by atoms with Crippen molar-refractivity contribution in [3.05, 3.63) is 38.9 Å². The van der Waals surface area contributed by atoms with Gasteiger partial charge in [-0.05, 0) is 22.0 Å². The zero-order chi connectivity index (χ0) is 10.3. The van der Waals surface area contributed by atoms with Gasteiger partial charge in [0.25, 0.3) is 5.56 Å². The zero-order valence-electron chi connectivity index (χ0n) is 6.82. The lowest BCUT2D eigenvalue weighted by atomic mass is 10.3. The van der Waals surface area contributed by atoms with Gasteiger partial charge < -0.3 is 10.1 Å². The molecule has 0 aliphatic carbocycles. The fourth-order valence-electron chi connectivity index (χ4n) is 1.22. The van der Waals surface area contributed by atoms with Crippen molar-refractivity contribution in [3.8, 4) is 0 Å². The van der Waals surface area contributed by atoms with Crippen LogP contribution in [0.4, 0.5) is 0 Å². The molecule has 72 valence electrons. The van der Waals surface area contributed by atoms with Crippen LogP contribution in [-0.4, -0.2) is 20.5 Å². The predicted molar refractivity (Wildman–Crippen MR) is 52.7 cm³/mol. The number of carbonyl (C=O) groups is 1. The lowest BCUT2D eigenvalue weighted by molar-refractivity contribution is 0.0696. The SMILES string of the molecule is O=C(O)c1cc(=O)n2c(Br)c[nH]c2c1. The Morgan fingerprint density at radius 2 is 2.21 bits per heavy atom. The molecule has 0 unspecified atom stereocenters. The average molecular weight is 257 g/mol. The van der Waals surface area contributed by atoms with E-state index in [4.69, 9.17) is 5.11 Å². The van der Waals surface area contributed by atoms with Crippen LogP contribution in [0.25, 0.3) is 5.65 Å². The molecule has 0 saturated heterocycles. The predicted octanol–water partition coefficient (Wildman–Crippen LogP) is 1.09. The number of hydrogen-bond donors (Lipinski definition) is 2. The molecule has 0 saturated carbocycles. The zero-order valence-corrected chi connectivity index (χ0v) is 8.41. The quantitative estimate of drug-likeness (QED) is 0.802. The van der Waals surface area contributed by atoms with E-state index in [9.17, 15) is 9.59 Å². The molecule has 5 nitrogen and oxygen atoms in total. The molecular weight excluding hydrogens is 252 g/mol. The Balaban J connectivity index is 2.87. The van der Waals surface area contributed by atoms with E-state index in [2.05, 4.69) is 20.9 Å². The highest BCUT2D eigenvalue weighted by Crippen LogP contribution is 2.11. The van der Waals surface area contributed by atoms with Crippen molar-refractivity contribution in [2.45, 2.75) is 0 Å². The Morgan fingerprint density at radius 3 is 2.86 bits per heavy atom. The monoisotopic (exact) mass is 256 g/mol. The summed E-state index contributed by atoms with van der Waals surface area (Å²) in [5.74, 6) is -1.12. The first-order valence-corrected chi connectivity index (χ1v) is 4.52. The van der Waals surface area contributed by atoms with Gasteiger partial charge in [-0.1, -0.05) is 0 Å².